The Balaban J connectivity index is 0.000000351. The molecule has 0 saturated carbocycles. The van der Waals surface area contributed by atoms with Crippen molar-refractivity contribution >= 4 is 25.2 Å². The molecule has 1 aromatic heterocycles. The second-order valence-electron chi connectivity index (χ2n) is 5.00. The predicted octanol–water partition coefficient (Wildman–Crippen LogP) is 3.43. The molecule has 2 rings (SSSR count). The Labute approximate surface area is 133 Å². The Morgan fingerprint density at radius 1 is 1.17 bits per heavy atom. The number of nitrogens with zero attached hydrogens (tertiary/aromatic N) is 5. The Morgan fingerprint density at radius 2 is 1.71 bits per heavy atom. The molecular formula is C11H16F6N5OP. The summed E-state index contributed by atoms with van der Waals surface area (Å²) in [4.78, 5) is 8.89. The van der Waals surface area contributed by atoms with Crippen LogP contribution in [0.5, 0.6) is 0 Å². The maximum absolute atomic E-state index is 10.7. The first-order valence-electron chi connectivity index (χ1n) is 6.33. The van der Waals surface area contributed by atoms with E-state index in [9.17, 15) is 25.2 Å². The summed E-state index contributed by atoms with van der Waals surface area (Å²) >= 11 is 0. The van der Waals surface area contributed by atoms with E-state index in [1.165, 1.54) is 4.85 Å². The second-order valence-corrected chi connectivity index (χ2v) is 6.92. The number of para-hydroxylation sites is 1. The van der Waals surface area contributed by atoms with Crippen molar-refractivity contribution in [2.45, 2.75) is 0 Å². The molecule has 0 spiro atoms. The summed E-state index contributed by atoms with van der Waals surface area (Å²) in [7, 11) is -4.81. The maximum atomic E-state index is 9.87. The first-order chi connectivity index (χ1) is 10.6. The van der Waals surface area contributed by atoms with Gasteiger partial charge in [-0.3, -0.25) is 4.58 Å². The molecule has 0 atom stereocenters. The Kier molecular flexibility index (Phi) is 5.05. The SMILES string of the molecule is CN(C=[N+](C)C)COn1nnc2ccccc21.F[P-](F)(F)(F)(F)F. The zero-order valence-electron chi connectivity index (χ0n) is 13.0. The van der Waals surface area contributed by atoms with Crippen molar-refractivity contribution in [3.8, 4) is 0 Å². The molecule has 0 aliphatic rings. The topological polar surface area (TPSA) is 46.2 Å². The van der Waals surface area contributed by atoms with Crippen molar-refractivity contribution in [1.29, 1.82) is 0 Å². The molecule has 6 nitrogen and oxygen atoms in total. The molecule has 24 heavy (non-hydrogen) atoms. The number of halogens is 6. The number of aromatic nitrogens is 3. The quantitative estimate of drug-likeness (QED) is 0.204. The number of fused-ring (bicyclic) bond motifs is 1. The molecule has 0 unspecified atom stereocenters. The van der Waals surface area contributed by atoms with Gasteiger partial charge in [-0.1, -0.05) is 17.0 Å². The van der Waals surface area contributed by atoms with Gasteiger partial charge in [0.2, 0.25) is 6.34 Å². The number of hydrogen-bond donors (Lipinski definition) is 0. The summed E-state index contributed by atoms with van der Waals surface area (Å²) in [6, 6.07) is 7.68. The molecule has 2 aromatic rings. The molecule has 13 heteroatoms. The monoisotopic (exact) mass is 379 g/mol. The van der Waals surface area contributed by atoms with Crippen LogP contribution >= 0.6 is 7.81 Å². The van der Waals surface area contributed by atoms with Gasteiger partial charge in [-0.25, -0.2) is 4.90 Å². The van der Waals surface area contributed by atoms with Crippen molar-refractivity contribution in [3.63, 3.8) is 0 Å². The van der Waals surface area contributed by atoms with Gasteiger partial charge in [0.15, 0.2) is 0 Å². The van der Waals surface area contributed by atoms with E-state index in [-0.39, 0.29) is 0 Å². The summed E-state index contributed by atoms with van der Waals surface area (Å²) in [5.41, 5.74) is 1.69. The van der Waals surface area contributed by atoms with Crippen LogP contribution in [0.1, 0.15) is 0 Å². The summed E-state index contributed by atoms with van der Waals surface area (Å²) in [5, 5.41) is 7.94. The van der Waals surface area contributed by atoms with Gasteiger partial charge in [0.05, 0.1) is 21.1 Å². The van der Waals surface area contributed by atoms with Gasteiger partial charge in [0.1, 0.15) is 11.0 Å². The van der Waals surface area contributed by atoms with E-state index < -0.39 is 7.81 Å². The minimum atomic E-state index is -10.7. The average Bonchev–Trinajstić information content (AvgIpc) is 2.75. The predicted molar refractivity (Wildman–Crippen MR) is 78.5 cm³/mol. The van der Waals surface area contributed by atoms with Gasteiger partial charge < -0.3 is 4.84 Å². The van der Waals surface area contributed by atoms with Gasteiger partial charge in [0.25, 0.3) is 6.73 Å². The average molecular weight is 379 g/mol. The Morgan fingerprint density at radius 3 is 2.25 bits per heavy atom. The third kappa shape index (κ3) is 9.82. The molecule has 0 fully saturated rings. The summed E-state index contributed by atoms with van der Waals surface area (Å²) < 4.78 is 61.1. The summed E-state index contributed by atoms with van der Waals surface area (Å²) in [5.74, 6) is 0. The van der Waals surface area contributed by atoms with Crippen molar-refractivity contribution in [2.24, 2.45) is 0 Å². The first-order valence-corrected chi connectivity index (χ1v) is 8.36. The number of benzene rings is 1. The van der Waals surface area contributed by atoms with Crippen LogP contribution in [0.25, 0.3) is 11.0 Å². The van der Waals surface area contributed by atoms with E-state index in [1.807, 2.05) is 61.2 Å². The Hall–Kier alpha value is -2.10. The molecule has 0 amide bonds. The van der Waals surface area contributed by atoms with Crippen LogP contribution in [-0.2, 0) is 0 Å². The van der Waals surface area contributed by atoms with Crippen molar-refractivity contribution < 1.29 is 34.6 Å². The van der Waals surface area contributed by atoms with E-state index in [1.54, 1.807) is 0 Å². The van der Waals surface area contributed by atoms with Crippen molar-refractivity contribution in [3.05, 3.63) is 24.3 Å². The van der Waals surface area contributed by atoms with E-state index >= 15 is 0 Å². The van der Waals surface area contributed by atoms with Gasteiger partial charge in [0, 0.05) is 0 Å². The van der Waals surface area contributed by atoms with Crippen molar-refractivity contribution in [2.75, 3.05) is 27.9 Å². The zero-order chi connectivity index (χ0) is 18.7. The van der Waals surface area contributed by atoms with Crippen LogP contribution in [-0.4, -0.2) is 58.8 Å². The first kappa shape index (κ1) is 19.9. The summed E-state index contributed by atoms with van der Waals surface area (Å²) in [6.07, 6.45) is 1.93. The van der Waals surface area contributed by atoms with E-state index in [0.717, 1.165) is 11.0 Å². The molecule has 1 heterocycles. The second kappa shape index (κ2) is 6.08. The molecule has 0 aliphatic heterocycles. The van der Waals surface area contributed by atoms with E-state index in [4.69, 9.17) is 4.84 Å². The van der Waals surface area contributed by atoms with Crippen LogP contribution in [0.2, 0.25) is 0 Å². The number of rotatable bonds is 4. The Bertz CT molecular complexity index is 714. The molecule has 0 bridgehead atoms. The van der Waals surface area contributed by atoms with Crippen LogP contribution in [0.15, 0.2) is 24.3 Å². The normalized spacial score (nSPS) is 14.0. The molecule has 0 aliphatic carbocycles. The fourth-order valence-corrected chi connectivity index (χ4v) is 1.52. The zero-order valence-corrected chi connectivity index (χ0v) is 13.8. The third-order valence-corrected chi connectivity index (χ3v) is 2.13. The van der Waals surface area contributed by atoms with Crippen LogP contribution < -0.4 is 4.84 Å². The van der Waals surface area contributed by atoms with E-state index in [0.29, 0.717) is 6.73 Å². The van der Waals surface area contributed by atoms with Crippen molar-refractivity contribution in [1.82, 2.24) is 20.1 Å². The molecule has 138 valence electrons. The molecular weight excluding hydrogens is 363 g/mol. The minimum absolute atomic E-state index is 0.408. The standard InChI is InChI=1S/C11H16N5O.F6P/c1-14(2)8-15(3)9-17-16-11-7-5-4-6-10(11)12-13-16;1-7(2,3,4,5)6/h4-8H,9H2,1-3H3;/q+1;-1. The molecule has 0 radical (unpaired) electrons. The van der Waals surface area contributed by atoms with Gasteiger partial charge in [-0.2, -0.15) is 0 Å². The summed E-state index contributed by atoms with van der Waals surface area (Å²) in [6.45, 7) is 0.408. The molecule has 0 N–H and O–H groups in total. The fourth-order valence-electron chi connectivity index (χ4n) is 1.52. The number of hydrogen-bond acceptors (Lipinski definition) is 3. The van der Waals surface area contributed by atoms with Crippen LogP contribution in [0, 0.1) is 0 Å². The van der Waals surface area contributed by atoms with Gasteiger partial charge in [-0.15, -0.1) is 5.10 Å². The van der Waals surface area contributed by atoms with Gasteiger partial charge >= 0.3 is 33.0 Å². The third-order valence-electron chi connectivity index (χ3n) is 2.13. The van der Waals surface area contributed by atoms with Gasteiger partial charge in [-0.05, 0) is 17.3 Å². The van der Waals surface area contributed by atoms with Crippen LogP contribution in [0.4, 0.5) is 25.2 Å². The molecule has 1 aromatic carbocycles. The van der Waals surface area contributed by atoms with Crippen LogP contribution in [0.3, 0.4) is 0 Å². The molecule has 0 saturated heterocycles. The fraction of sp³-hybridized carbons (Fsp3) is 0.364. The van der Waals surface area contributed by atoms with E-state index in [2.05, 4.69) is 10.3 Å².